The molecule has 0 aromatic rings. The van der Waals surface area contributed by atoms with Gasteiger partial charge in [-0.05, 0) is 32.6 Å². The Kier molecular flexibility index (Phi) is 5.22. The molecule has 19 heavy (non-hydrogen) atoms. The van der Waals surface area contributed by atoms with E-state index >= 15 is 0 Å². The summed E-state index contributed by atoms with van der Waals surface area (Å²) >= 11 is 0. The van der Waals surface area contributed by atoms with Gasteiger partial charge in [0.1, 0.15) is 6.10 Å². The van der Waals surface area contributed by atoms with Gasteiger partial charge in [-0.3, -0.25) is 4.79 Å². The lowest BCUT2D eigenvalue weighted by molar-refractivity contribution is -0.142. The van der Waals surface area contributed by atoms with E-state index in [0.29, 0.717) is 6.61 Å². The van der Waals surface area contributed by atoms with Crippen molar-refractivity contribution in [1.82, 2.24) is 4.90 Å². The van der Waals surface area contributed by atoms with Crippen LogP contribution in [-0.2, 0) is 9.53 Å². The first-order valence-corrected chi connectivity index (χ1v) is 7.80. The Hall–Kier alpha value is -0.610. The maximum atomic E-state index is 12.2. The van der Waals surface area contributed by atoms with Crippen LogP contribution >= 0.6 is 0 Å². The van der Waals surface area contributed by atoms with E-state index in [1.54, 1.807) is 0 Å². The second kappa shape index (κ2) is 6.71. The van der Waals surface area contributed by atoms with Crippen molar-refractivity contribution in [3.8, 4) is 0 Å². The highest BCUT2D eigenvalue weighted by molar-refractivity contribution is 5.80. The van der Waals surface area contributed by atoms with Gasteiger partial charge in [0.25, 0.3) is 5.91 Å². The topological polar surface area (TPSA) is 55.6 Å². The van der Waals surface area contributed by atoms with Crippen LogP contribution in [0.2, 0.25) is 0 Å². The lowest BCUT2D eigenvalue weighted by Gasteiger charge is -2.30. The first kappa shape index (κ1) is 14.8. The molecule has 1 atom stereocenters. The number of carbonyl (C=O) groups excluding carboxylic acids is 1. The summed E-state index contributed by atoms with van der Waals surface area (Å²) in [6.07, 6.45) is 8.89. The Labute approximate surface area is 116 Å². The Morgan fingerprint density at radius 2 is 1.74 bits per heavy atom. The van der Waals surface area contributed by atoms with Crippen LogP contribution in [0.3, 0.4) is 0 Å². The van der Waals surface area contributed by atoms with E-state index in [1.165, 1.54) is 25.7 Å². The summed E-state index contributed by atoms with van der Waals surface area (Å²) in [6.45, 7) is 4.16. The van der Waals surface area contributed by atoms with E-state index in [0.717, 1.165) is 38.8 Å². The van der Waals surface area contributed by atoms with Crippen molar-refractivity contribution in [1.29, 1.82) is 0 Å². The predicted molar refractivity (Wildman–Crippen MR) is 75.8 cm³/mol. The first-order valence-electron chi connectivity index (χ1n) is 7.80. The van der Waals surface area contributed by atoms with Crippen molar-refractivity contribution in [2.45, 2.75) is 69.9 Å². The highest BCUT2D eigenvalue weighted by Gasteiger charge is 2.30. The van der Waals surface area contributed by atoms with E-state index in [2.05, 4.69) is 0 Å². The molecule has 4 nitrogen and oxygen atoms in total. The lowest BCUT2D eigenvalue weighted by atomic mass is 9.92. The second-order valence-corrected chi connectivity index (χ2v) is 6.26. The molecule has 4 heteroatoms. The largest absolute Gasteiger partial charge is 0.367 e. The van der Waals surface area contributed by atoms with Gasteiger partial charge >= 0.3 is 0 Å². The zero-order chi connectivity index (χ0) is 13.7. The smallest absolute Gasteiger partial charge is 0.251 e. The third-order valence-electron chi connectivity index (χ3n) is 4.49. The molecule has 2 aliphatic rings. The van der Waals surface area contributed by atoms with Crippen molar-refractivity contribution in [3.63, 3.8) is 0 Å². The van der Waals surface area contributed by atoms with E-state index in [4.69, 9.17) is 10.5 Å². The minimum absolute atomic E-state index is 0.134. The molecule has 0 radical (unpaired) electrons. The molecule has 0 bridgehead atoms. The van der Waals surface area contributed by atoms with Crippen molar-refractivity contribution in [2.75, 3.05) is 19.7 Å². The number of carbonyl (C=O) groups is 1. The fourth-order valence-electron chi connectivity index (χ4n) is 3.13. The number of likely N-dealkylation sites (tertiary alicyclic amines) is 1. The number of hydrogen-bond donors (Lipinski definition) is 1. The van der Waals surface area contributed by atoms with Crippen molar-refractivity contribution in [2.24, 2.45) is 5.73 Å². The number of ether oxygens (including phenoxy) is 1. The zero-order valence-corrected chi connectivity index (χ0v) is 12.2. The van der Waals surface area contributed by atoms with E-state index in [9.17, 15) is 4.79 Å². The van der Waals surface area contributed by atoms with Crippen LogP contribution in [0.25, 0.3) is 0 Å². The summed E-state index contributed by atoms with van der Waals surface area (Å²) in [5, 5.41) is 0. The van der Waals surface area contributed by atoms with E-state index in [-0.39, 0.29) is 17.6 Å². The van der Waals surface area contributed by atoms with Gasteiger partial charge in [0.15, 0.2) is 0 Å². The number of hydrogen-bond acceptors (Lipinski definition) is 3. The molecule has 0 aromatic heterocycles. The van der Waals surface area contributed by atoms with Crippen molar-refractivity contribution >= 4 is 5.91 Å². The van der Waals surface area contributed by atoms with Crippen LogP contribution in [0, 0.1) is 0 Å². The minimum Gasteiger partial charge on any atom is -0.367 e. The average molecular weight is 268 g/mol. The molecule has 0 aromatic carbocycles. The molecule has 110 valence electrons. The van der Waals surface area contributed by atoms with E-state index in [1.807, 2.05) is 11.8 Å². The van der Waals surface area contributed by atoms with Crippen molar-refractivity contribution in [3.05, 3.63) is 0 Å². The summed E-state index contributed by atoms with van der Waals surface area (Å²) in [7, 11) is 0. The highest BCUT2D eigenvalue weighted by Crippen LogP contribution is 2.25. The molecule has 1 amide bonds. The van der Waals surface area contributed by atoms with Crippen LogP contribution < -0.4 is 5.73 Å². The van der Waals surface area contributed by atoms with Gasteiger partial charge in [0.05, 0.1) is 6.61 Å². The van der Waals surface area contributed by atoms with Gasteiger partial charge in [0, 0.05) is 18.6 Å². The fraction of sp³-hybridized carbons (Fsp3) is 0.933. The zero-order valence-electron chi connectivity index (χ0n) is 12.2. The number of amides is 1. The average Bonchev–Trinajstić information content (AvgIpc) is 2.85. The van der Waals surface area contributed by atoms with Crippen LogP contribution in [0.5, 0.6) is 0 Å². The van der Waals surface area contributed by atoms with Crippen LogP contribution in [0.1, 0.15) is 58.3 Å². The molecule has 1 unspecified atom stereocenters. The monoisotopic (exact) mass is 268 g/mol. The van der Waals surface area contributed by atoms with Gasteiger partial charge in [-0.25, -0.2) is 0 Å². The molecule has 0 spiro atoms. The van der Waals surface area contributed by atoms with Crippen LogP contribution in [-0.4, -0.2) is 42.1 Å². The second-order valence-electron chi connectivity index (χ2n) is 6.26. The van der Waals surface area contributed by atoms with Gasteiger partial charge < -0.3 is 15.4 Å². The number of nitrogens with zero attached hydrogens (tertiary/aromatic N) is 1. The maximum absolute atomic E-state index is 12.2. The molecule has 1 aliphatic carbocycles. The number of rotatable bonds is 4. The van der Waals surface area contributed by atoms with E-state index < -0.39 is 0 Å². The molecular weight excluding hydrogens is 240 g/mol. The lowest BCUT2D eigenvalue weighted by Crippen LogP contribution is -2.47. The molecule has 2 rings (SSSR count). The van der Waals surface area contributed by atoms with Crippen LogP contribution in [0.4, 0.5) is 0 Å². The molecule has 1 saturated heterocycles. The fourth-order valence-corrected chi connectivity index (χ4v) is 3.13. The Bertz CT molecular complexity index is 293. The third kappa shape index (κ3) is 4.18. The molecule has 2 N–H and O–H groups in total. The molecule has 1 heterocycles. The van der Waals surface area contributed by atoms with Gasteiger partial charge in [-0.15, -0.1) is 0 Å². The van der Waals surface area contributed by atoms with Crippen molar-refractivity contribution < 1.29 is 9.53 Å². The summed E-state index contributed by atoms with van der Waals surface area (Å²) in [4.78, 5) is 14.1. The summed E-state index contributed by atoms with van der Waals surface area (Å²) in [6, 6.07) is 0. The standard InChI is InChI=1S/C15H28N2O2/c1-13(14(18)17-10-6-7-11-17)19-12-15(16)8-4-2-3-5-9-15/h13H,2-12,16H2,1H3. The quantitative estimate of drug-likeness (QED) is 0.794. The Morgan fingerprint density at radius 1 is 1.16 bits per heavy atom. The van der Waals surface area contributed by atoms with Gasteiger partial charge in [-0.1, -0.05) is 25.7 Å². The minimum atomic E-state index is -0.346. The first-order chi connectivity index (χ1) is 9.11. The Balaban J connectivity index is 1.78. The molecule has 2 fully saturated rings. The predicted octanol–water partition coefficient (Wildman–Crippen LogP) is 2.07. The summed E-state index contributed by atoms with van der Waals surface area (Å²) in [5.74, 6) is 0.134. The maximum Gasteiger partial charge on any atom is 0.251 e. The molecule has 1 aliphatic heterocycles. The molecular formula is C15H28N2O2. The van der Waals surface area contributed by atoms with Gasteiger partial charge in [-0.2, -0.15) is 0 Å². The Morgan fingerprint density at radius 3 is 2.32 bits per heavy atom. The third-order valence-corrected chi connectivity index (χ3v) is 4.49. The number of nitrogens with two attached hydrogens (primary N) is 1. The van der Waals surface area contributed by atoms with Crippen LogP contribution in [0.15, 0.2) is 0 Å². The summed E-state index contributed by atoms with van der Waals surface area (Å²) < 4.78 is 5.80. The SMILES string of the molecule is CC(OCC1(N)CCCCCC1)C(=O)N1CCCC1. The molecule has 1 saturated carbocycles. The normalized spacial score (nSPS) is 25.1. The van der Waals surface area contributed by atoms with Gasteiger partial charge in [0.2, 0.25) is 0 Å². The highest BCUT2D eigenvalue weighted by atomic mass is 16.5. The summed E-state index contributed by atoms with van der Waals surface area (Å²) in [5.41, 5.74) is 6.20.